The Morgan fingerprint density at radius 1 is 1.22 bits per heavy atom. The van der Waals surface area contributed by atoms with Crippen LogP contribution in [-0.2, 0) is 16.0 Å². The van der Waals surface area contributed by atoms with Gasteiger partial charge in [-0.15, -0.1) is 0 Å². The Morgan fingerprint density at radius 3 is 2.44 bits per heavy atom. The smallest absolute Gasteiger partial charge is 0.326 e. The van der Waals surface area contributed by atoms with Crippen LogP contribution in [0.4, 0.5) is 0 Å². The molecule has 1 rings (SSSR count). The van der Waals surface area contributed by atoms with Gasteiger partial charge in [0.1, 0.15) is 6.04 Å². The van der Waals surface area contributed by atoms with Gasteiger partial charge < -0.3 is 15.5 Å². The first-order valence-corrected chi connectivity index (χ1v) is 5.80. The van der Waals surface area contributed by atoms with Crippen LogP contribution in [0.3, 0.4) is 0 Å². The quantitative estimate of drug-likeness (QED) is 0.661. The number of carbonyl (C=O) groups excluding carboxylic acids is 1. The molecule has 0 aliphatic heterocycles. The van der Waals surface area contributed by atoms with Crippen LogP contribution in [-0.4, -0.2) is 34.7 Å². The summed E-state index contributed by atoms with van der Waals surface area (Å²) < 4.78 is 0. The van der Waals surface area contributed by atoms with Crippen LogP contribution in [0.15, 0.2) is 30.3 Å². The summed E-state index contributed by atoms with van der Waals surface area (Å²) >= 11 is 0. The number of carboxylic acid groups (broad SMARTS) is 1. The topological polar surface area (TPSA) is 86.6 Å². The highest BCUT2D eigenvalue weighted by Crippen LogP contribution is 2.02. The average molecular weight is 251 g/mol. The number of hydrogen-bond donors (Lipinski definition) is 3. The second kappa shape index (κ2) is 7.45. The maximum Gasteiger partial charge on any atom is 0.326 e. The molecule has 3 N–H and O–H groups in total. The third-order valence-corrected chi connectivity index (χ3v) is 2.53. The number of carboxylic acids is 1. The molecule has 0 fully saturated rings. The molecule has 1 atom stereocenters. The SMILES string of the molecule is O=C(CCc1ccccc1)N[C@H](CCO)C(=O)O. The van der Waals surface area contributed by atoms with Gasteiger partial charge in [0.15, 0.2) is 0 Å². The number of aryl methyl sites for hydroxylation is 1. The molecular formula is C13H17NO4. The van der Waals surface area contributed by atoms with Gasteiger partial charge in [0.25, 0.3) is 0 Å². The van der Waals surface area contributed by atoms with Crippen LogP contribution < -0.4 is 5.32 Å². The minimum Gasteiger partial charge on any atom is -0.480 e. The zero-order chi connectivity index (χ0) is 13.4. The average Bonchev–Trinajstić information content (AvgIpc) is 2.37. The molecule has 1 aromatic rings. The lowest BCUT2D eigenvalue weighted by molar-refractivity contribution is -0.142. The molecule has 0 aliphatic rings. The van der Waals surface area contributed by atoms with Crippen molar-refractivity contribution in [3.05, 3.63) is 35.9 Å². The summed E-state index contributed by atoms with van der Waals surface area (Å²) in [6.45, 7) is -0.268. The molecule has 0 aliphatic carbocycles. The predicted octanol–water partition coefficient (Wildman–Crippen LogP) is 0.571. The highest BCUT2D eigenvalue weighted by Gasteiger charge is 2.18. The first kappa shape index (κ1) is 14.2. The van der Waals surface area contributed by atoms with E-state index in [2.05, 4.69) is 5.32 Å². The number of carbonyl (C=O) groups is 2. The minimum atomic E-state index is -1.13. The molecule has 0 unspecified atom stereocenters. The van der Waals surface area contributed by atoms with E-state index < -0.39 is 12.0 Å². The Hall–Kier alpha value is -1.88. The van der Waals surface area contributed by atoms with Gasteiger partial charge in [0.05, 0.1) is 0 Å². The molecule has 0 saturated heterocycles. The summed E-state index contributed by atoms with van der Waals surface area (Å²) in [5.41, 5.74) is 1.03. The highest BCUT2D eigenvalue weighted by molar-refractivity contribution is 5.83. The normalized spacial score (nSPS) is 11.8. The summed E-state index contributed by atoms with van der Waals surface area (Å²) in [5.74, 6) is -1.45. The molecule has 0 heterocycles. The molecule has 5 nitrogen and oxygen atoms in total. The van der Waals surface area contributed by atoms with E-state index in [1.165, 1.54) is 0 Å². The third kappa shape index (κ3) is 4.97. The van der Waals surface area contributed by atoms with Gasteiger partial charge in [-0.1, -0.05) is 30.3 Å². The molecule has 0 aromatic heterocycles. The van der Waals surface area contributed by atoms with E-state index in [0.717, 1.165) is 5.56 Å². The van der Waals surface area contributed by atoms with Gasteiger partial charge in [-0.3, -0.25) is 4.79 Å². The van der Waals surface area contributed by atoms with Gasteiger partial charge in [0, 0.05) is 19.4 Å². The maximum absolute atomic E-state index is 11.5. The number of aliphatic hydroxyl groups is 1. The van der Waals surface area contributed by atoms with Crippen LogP contribution in [0.25, 0.3) is 0 Å². The Kier molecular flexibility index (Phi) is 5.87. The molecule has 0 bridgehead atoms. The molecule has 18 heavy (non-hydrogen) atoms. The van der Waals surface area contributed by atoms with Crippen molar-refractivity contribution in [2.75, 3.05) is 6.61 Å². The summed E-state index contributed by atoms with van der Waals surface area (Å²) in [6.07, 6.45) is 0.823. The third-order valence-electron chi connectivity index (χ3n) is 2.53. The number of benzene rings is 1. The monoisotopic (exact) mass is 251 g/mol. The van der Waals surface area contributed by atoms with E-state index in [1.807, 2.05) is 30.3 Å². The lowest BCUT2D eigenvalue weighted by atomic mass is 10.1. The second-order valence-electron chi connectivity index (χ2n) is 3.96. The largest absolute Gasteiger partial charge is 0.480 e. The Labute approximate surface area is 105 Å². The number of aliphatic hydroxyl groups excluding tert-OH is 1. The van der Waals surface area contributed by atoms with E-state index in [4.69, 9.17) is 10.2 Å². The number of aliphatic carboxylic acids is 1. The summed E-state index contributed by atoms with van der Waals surface area (Å²) in [5, 5.41) is 19.9. The van der Waals surface area contributed by atoms with Crippen LogP contribution >= 0.6 is 0 Å². The van der Waals surface area contributed by atoms with Crippen molar-refractivity contribution in [3.8, 4) is 0 Å². The van der Waals surface area contributed by atoms with Crippen LogP contribution in [0.1, 0.15) is 18.4 Å². The standard InChI is InChI=1S/C13H17NO4/c15-9-8-11(13(17)18)14-12(16)7-6-10-4-2-1-3-5-10/h1-5,11,15H,6-9H2,(H,14,16)(H,17,18)/t11-/m1/s1. The Morgan fingerprint density at radius 2 is 1.89 bits per heavy atom. The van der Waals surface area contributed by atoms with Gasteiger partial charge in [-0.25, -0.2) is 4.79 Å². The van der Waals surface area contributed by atoms with Crippen LogP contribution in [0.2, 0.25) is 0 Å². The lowest BCUT2D eigenvalue weighted by Crippen LogP contribution is -2.41. The number of amides is 1. The minimum absolute atomic E-state index is 0.0202. The zero-order valence-electron chi connectivity index (χ0n) is 10.0. The first-order chi connectivity index (χ1) is 8.63. The summed E-state index contributed by atoms with van der Waals surface area (Å²) in [4.78, 5) is 22.3. The van der Waals surface area contributed by atoms with Gasteiger partial charge >= 0.3 is 5.97 Å². The molecule has 98 valence electrons. The number of rotatable bonds is 7. The second-order valence-corrected chi connectivity index (χ2v) is 3.96. The van der Waals surface area contributed by atoms with Crippen molar-refractivity contribution in [1.29, 1.82) is 0 Å². The highest BCUT2D eigenvalue weighted by atomic mass is 16.4. The van der Waals surface area contributed by atoms with E-state index in [9.17, 15) is 9.59 Å². The Bertz CT molecular complexity index is 391. The molecular weight excluding hydrogens is 234 g/mol. The predicted molar refractivity (Wildman–Crippen MR) is 66.0 cm³/mol. The zero-order valence-corrected chi connectivity index (χ0v) is 10.0. The summed E-state index contributed by atoms with van der Waals surface area (Å²) in [6, 6.07) is 8.48. The van der Waals surface area contributed by atoms with Gasteiger partial charge in [-0.2, -0.15) is 0 Å². The van der Waals surface area contributed by atoms with Crippen molar-refractivity contribution < 1.29 is 19.8 Å². The Balaban J connectivity index is 2.39. The molecule has 0 saturated carbocycles. The van der Waals surface area contributed by atoms with Crippen molar-refractivity contribution in [2.45, 2.75) is 25.3 Å². The van der Waals surface area contributed by atoms with Crippen molar-refractivity contribution >= 4 is 11.9 Å². The van der Waals surface area contributed by atoms with Crippen LogP contribution in [0.5, 0.6) is 0 Å². The van der Waals surface area contributed by atoms with Gasteiger partial charge in [0.2, 0.25) is 5.91 Å². The number of hydrogen-bond acceptors (Lipinski definition) is 3. The lowest BCUT2D eigenvalue weighted by Gasteiger charge is -2.13. The van der Waals surface area contributed by atoms with E-state index in [0.29, 0.717) is 6.42 Å². The van der Waals surface area contributed by atoms with E-state index >= 15 is 0 Å². The first-order valence-electron chi connectivity index (χ1n) is 5.80. The fourth-order valence-corrected chi connectivity index (χ4v) is 1.56. The fourth-order valence-electron chi connectivity index (χ4n) is 1.56. The van der Waals surface area contributed by atoms with Crippen molar-refractivity contribution in [3.63, 3.8) is 0 Å². The molecule has 1 aromatic carbocycles. The molecule has 0 radical (unpaired) electrons. The van der Waals surface area contributed by atoms with E-state index in [-0.39, 0.29) is 25.4 Å². The van der Waals surface area contributed by atoms with Gasteiger partial charge in [-0.05, 0) is 12.0 Å². The van der Waals surface area contributed by atoms with Crippen LogP contribution in [0, 0.1) is 0 Å². The molecule has 1 amide bonds. The molecule has 0 spiro atoms. The molecule has 5 heteroatoms. The summed E-state index contributed by atoms with van der Waals surface area (Å²) in [7, 11) is 0. The number of nitrogens with one attached hydrogen (secondary N) is 1. The van der Waals surface area contributed by atoms with E-state index in [1.54, 1.807) is 0 Å². The van der Waals surface area contributed by atoms with Crippen molar-refractivity contribution in [2.24, 2.45) is 0 Å². The van der Waals surface area contributed by atoms with Crippen molar-refractivity contribution in [1.82, 2.24) is 5.32 Å². The fraction of sp³-hybridized carbons (Fsp3) is 0.385. The maximum atomic E-state index is 11.5.